The number of hydrogen-bond acceptors (Lipinski definition) is 4. The molecule has 1 heterocycles. The lowest BCUT2D eigenvalue weighted by Crippen LogP contribution is -2.28. The number of carbonyl (C=O) groups excluding carboxylic acids is 2. The summed E-state index contributed by atoms with van der Waals surface area (Å²) in [6.07, 6.45) is 4.03. The first-order chi connectivity index (χ1) is 14.2. The molecule has 29 heavy (non-hydrogen) atoms. The first-order valence-electron chi connectivity index (χ1n) is 9.97. The van der Waals surface area contributed by atoms with Gasteiger partial charge in [-0.25, -0.2) is 0 Å². The van der Waals surface area contributed by atoms with E-state index < -0.39 is 0 Å². The van der Waals surface area contributed by atoms with Crippen LogP contribution in [0.5, 0.6) is 0 Å². The van der Waals surface area contributed by atoms with E-state index in [-0.39, 0.29) is 24.2 Å². The smallest absolute Gasteiger partial charge is 0.229 e. The van der Waals surface area contributed by atoms with E-state index in [0.29, 0.717) is 18.7 Å². The van der Waals surface area contributed by atoms with E-state index in [4.69, 9.17) is 5.26 Å². The van der Waals surface area contributed by atoms with Crippen molar-refractivity contribution in [1.29, 1.82) is 5.26 Å². The third-order valence-corrected chi connectivity index (χ3v) is 6.58. The highest BCUT2D eigenvalue weighted by Crippen LogP contribution is 2.32. The van der Waals surface area contributed by atoms with Gasteiger partial charge >= 0.3 is 0 Å². The Kier molecular flexibility index (Phi) is 5.86. The van der Waals surface area contributed by atoms with Crippen molar-refractivity contribution in [2.24, 2.45) is 5.92 Å². The molecule has 1 fully saturated rings. The van der Waals surface area contributed by atoms with Gasteiger partial charge < -0.3 is 10.2 Å². The van der Waals surface area contributed by atoms with Crippen LogP contribution in [0.4, 0.5) is 11.4 Å². The lowest BCUT2D eigenvalue weighted by atomic mass is 10.1. The number of anilines is 2. The maximum atomic E-state index is 12.9. The van der Waals surface area contributed by atoms with Crippen molar-refractivity contribution < 1.29 is 9.59 Å². The number of nitrogens with one attached hydrogen (secondary N) is 1. The van der Waals surface area contributed by atoms with Crippen molar-refractivity contribution in [3.05, 3.63) is 53.6 Å². The van der Waals surface area contributed by atoms with Gasteiger partial charge in [0.15, 0.2) is 0 Å². The highest BCUT2D eigenvalue weighted by atomic mass is 32.2. The topological polar surface area (TPSA) is 73.2 Å². The van der Waals surface area contributed by atoms with E-state index in [1.807, 2.05) is 30.3 Å². The molecule has 1 aliphatic carbocycles. The Morgan fingerprint density at radius 2 is 2.03 bits per heavy atom. The van der Waals surface area contributed by atoms with Crippen LogP contribution in [-0.4, -0.2) is 24.1 Å². The van der Waals surface area contributed by atoms with Crippen LogP contribution in [0.3, 0.4) is 0 Å². The SMILES string of the molecule is N#CCCSc1ccccc1NC(=O)[C@@H]1CC(=O)N(c2ccc3c(c2)CCC3)C1. The Bertz CT molecular complexity index is 982. The van der Waals surface area contributed by atoms with Crippen LogP contribution in [0.1, 0.15) is 30.4 Å². The molecule has 0 bridgehead atoms. The summed E-state index contributed by atoms with van der Waals surface area (Å²) >= 11 is 1.55. The van der Waals surface area contributed by atoms with Gasteiger partial charge in [0.1, 0.15) is 0 Å². The van der Waals surface area contributed by atoms with Crippen molar-refractivity contribution in [2.45, 2.75) is 37.0 Å². The standard InChI is InChI=1S/C23H23N3O2S/c24-11-4-12-29-21-8-2-1-7-20(21)25-23(28)18-14-22(27)26(15-18)19-10-9-16-5-3-6-17(16)13-19/h1-2,7-10,13,18H,3-6,12,14-15H2,(H,25,28)/t18-/m1/s1. The van der Waals surface area contributed by atoms with Crippen LogP contribution in [0.15, 0.2) is 47.4 Å². The van der Waals surface area contributed by atoms with Crippen LogP contribution in [0.25, 0.3) is 0 Å². The van der Waals surface area contributed by atoms with Gasteiger partial charge in [0, 0.05) is 35.7 Å². The number of nitrogens with zero attached hydrogens (tertiary/aromatic N) is 2. The number of benzene rings is 2. The van der Waals surface area contributed by atoms with Crippen LogP contribution < -0.4 is 10.2 Å². The zero-order valence-corrected chi connectivity index (χ0v) is 17.0. The Labute approximate surface area is 175 Å². The van der Waals surface area contributed by atoms with Crippen molar-refractivity contribution in [3.63, 3.8) is 0 Å². The number of para-hydroxylation sites is 1. The molecule has 6 heteroatoms. The molecule has 0 unspecified atom stereocenters. The van der Waals surface area contributed by atoms with E-state index >= 15 is 0 Å². The number of fused-ring (bicyclic) bond motifs is 1. The number of hydrogen-bond donors (Lipinski definition) is 1. The van der Waals surface area contributed by atoms with Gasteiger partial charge in [-0.1, -0.05) is 18.2 Å². The maximum Gasteiger partial charge on any atom is 0.229 e. The maximum absolute atomic E-state index is 12.9. The van der Waals surface area contributed by atoms with E-state index in [9.17, 15) is 9.59 Å². The van der Waals surface area contributed by atoms with Crippen molar-refractivity contribution in [3.8, 4) is 6.07 Å². The van der Waals surface area contributed by atoms with Crippen molar-refractivity contribution >= 4 is 35.0 Å². The Morgan fingerprint density at radius 3 is 2.90 bits per heavy atom. The van der Waals surface area contributed by atoms with Crippen LogP contribution in [0, 0.1) is 17.2 Å². The molecule has 4 rings (SSSR count). The summed E-state index contributed by atoms with van der Waals surface area (Å²) in [6, 6.07) is 16.0. The number of amides is 2. The molecule has 0 saturated carbocycles. The molecule has 2 aromatic carbocycles. The molecule has 5 nitrogen and oxygen atoms in total. The van der Waals surface area contributed by atoms with Gasteiger partial charge in [-0.15, -0.1) is 11.8 Å². The van der Waals surface area contributed by atoms with Gasteiger partial charge in [-0.2, -0.15) is 5.26 Å². The average Bonchev–Trinajstić information content (AvgIpc) is 3.35. The summed E-state index contributed by atoms with van der Waals surface area (Å²) in [7, 11) is 0. The molecule has 148 valence electrons. The number of carbonyl (C=O) groups is 2. The molecule has 0 aromatic heterocycles. The number of rotatable bonds is 6. The zero-order chi connectivity index (χ0) is 20.2. The molecule has 1 atom stereocenters. The van der Waals surface area contributed by atoms with Gasteiger partial charge in [-0.05, 0) is 54.7 Å². The number of nitriles is 1. The first kappa shape index (κ1) is 19.5. The summed E-state index contributed by atoms with van der Waals surface area (Å²) in [6.45, 7) is 0.410. The zero-order valence-electron chi connectivity index (χ0n) is 16.2. The first-order valence-corrected chi connectivity index (χ1v) is 11.0. The largest absolute Gasteiger partial charge is 0.325 e. The predicted octanol–water partition coefficient (Wildman–Crippen LogP) is 4.17. The van der Waals surface area contributed by atoms with E-state index in [1.54, 1.807) is 16.7 Å². The monoisotopic (exact) mass is 405 g/mol. The summed E-state index contributed by atoms with van der Waals surface area (Å²) in [5.41, 5.74) is 4.34. The second-order valence-electron chi connectivity index (χ2n) is 7.45. The number of aryl methyl sites for hydroxylation is 2. The molecule has 0 radical (unpaired) electrons. The molecular weight excluding hydrogens is 382 g/mol. The minimum absolute atomic E-state index is 0.000206. The fraction of sp³-hybridized carbons (Fsp3) is 0.348. The average molecular weight is 406 g/mol. The van der Waals surface area contributed by atoms with Gasteiger partial charge in [0.2, 0.25) is 11.8 Å². The predicted molar refractivity (Wildman–Crippen MR) is 115 cm³/mol. The Morgan fingerprint density at radius 1 is 1.21 bits per heavy atom. The number of thioether (sulfide) groups is 1. The Balaban J connectivity index is 1.43. The molecule has 2 aliphatic rings. The lowest BCUT2D eigenvalue weighted by Gasteiger charge is -2.18. The third kappa shape index (κ3) is 4.30. The minimum Gasteiger partial charge on any atom is -0.325 e. The molecule has 1 saturated heterocycles. The van der Waals surface area contributed by atoms with Crippen LogP contribution in [-0.2, 0) is 22.4 Å². The third-order valence-electron chi connectivity index (χ3n) is 5.51. The molecule has 1 aliphatic heterocycles. The van der Waals surface area contributed by atoms with Crippen molar-refractivity contribution in [1.82, 2.24) is 0 Å². The second kappa shape index (κ2) is 8.71. The minimum atomic E-state index is -0.368. The van der Waals surface area contributed by atoms with Gasteiger partial charge in [-0.3, -0.25) is 9.59 Å². The van der Waals surface area contributed by atoms with Gasteiger partial charge in [0.05, 0.1) is 17.7 Å². The Hall–Kier alpha value is -2.78. The lowest BCUT2D eigenvalue weighted by molar-refractivity contribution is -0.122. The van der Waals surface area contributed by atoms with Gasteiger partial charge in [0.25, 0.3) is 0 Å². The molecule has 2 amide bonds. The molecule has 2 aromatic rings. The fourth-order valence-corrected chi connectivity index (χ4v) is 4.86. The quantitative estimate of drug-likeness (QED) is 0.578. The summed E-state index contributed by atoms with van der Waals surface area (Å²) in [5, 5.41) is 11.7. The summed E-state index contributed by atoms with van der Waals surface area (Å²) < 4.78 is 0. The molecule has 1 N–H and O–H groups in total. The van der Waals surface area contributed by atoms with Crippen LogP contribution >= 0.6 is 11.8 Å². The van der Waals surface area contributed by atoms with E-state index in [2.05, 4.69) is 23.5 Å². The summed E-state index contributed by atoms with van der Waals surface area (Å²) in [4.78, 5) is 28.1. The second-order valence-corrected chi connectivity index (χ2v) is 8.59. The van der Waals surface area contributed by atoms with Crippen molar-refractivity contribution in [2.75, 3.05) is 22.5 Å². The normalized spacial score (nSPS) is 17.8. The highest BCUT2D eigenvalue weighted by molar-refractivity contribution is 7.99. The molecule has 0 spiro atoms. The fourth-order valence-electron chi connectivity index (χ4n) is 4.00. The van der Waals surface area contributed by atoms with E-state index in [1.165, 1.54) is 17.5 Å². The van der Waals surface area contributed by atoms with E-state index in [0.717, 1.165) is 29.1 Å². The molecular formula is C23H23N3O2S. The summed E-state index contributed by atoms with van der Waals surface area (Å²) in [5.74, 6) is 0.181. The highest BCUT2D eigenvalue weighted by Gasteiger charge is 2.35. The van der Waals surface area contributed by atoms with Crippen LogP contribution in [0.2, 0.25) is 0 Å².